The van der Waals surface area contributed by atoms with Crippen molar-refractivity contribution in [2.75, 3.05) is 29.9 Å². The van der Waals surface area contributed by atoms with Crippen LogP contribution in [0.15, 0.2) is 48.5 Å². The quantitative estimate of drug-likeness (QED) is 0.770. The standard InChI is InChI=1S/C19H21F3N2O2/c1-3-24(4-2)15-11-9-14(10-12-15)18(25)23-16-7-5-6-8-17(16)26-13-19(20,21)22/h5-12H,3-4,13H2,1-2H3,(H,23,25). The third-order valence-electron chi connectivity index (χ3n) is 3.78. The molecule has 0 atom stereocenters. The van der Waals surface area contributed by atoms with Gasteiger partial charge in [0.05, 0.1) is 5.69 Å². The summed E-state index contributed by atoms with van der Waals surface area (Å²) in [7, 11) is 0. The van der Waals surface area contributed by atoms with E-state index >= 15 is 0 Å². The van der Waals surface area contributed by atoms with Gasteiger partial charge in [0, 0.05) is 24.3 Å². The number of ether oxygens (including phenoxy) is 1. The van der Waals surface area contributed by atoms with Crippen molar-refractivity contribution < 1.29 is 22.7 Å². The van der Waals surface area contributed by atoms with E-state index < -0.39 is 18.7 Å². The summed E-state index contributed by atoms with van der Waals surface area (Å²) in [6.07, 6.45) is -4.45. The molecular weight excluding hydrogens is 345 g/mol. The predicted molar refractivity (Wildman–Crippen MR) is 95.9 cm³/mol. The number of benzene rings is 2. The summed E-state index contributed by atoms with van der Waals surface area (Å²) in [6.45, 7) is 4.38. The minimum Gasteiger partial charge on any atom is -0.482 e. The maximum atomic E-state index is 12.4. The first-order valence-electron chi connectivity index (χ1n) is 8.29. The first-order chi connectivity index (χ1) is 12.3. The Morgan fingerprint density at radius 3 is 2.23 bits per heavy atom. The first-order valence-corrected chi connectivity index (χ1v) is 8.29. The molecule has 4 nitrogen and oxygen atoms in total. The van der Waals surface area contributed by atoms with Crippen molar-refractivity contribution in [2.45, 2.75) is 20.0 Å². The molecule has 0 aliphatic carbocycles. The number of hydrogen-bond acceptors (Lipinski definition) is 3. The van der Waals surface area contributed by atoms with E-state index in [1.165, 1.54) is 12.1 Å². The van der Waals surface area contributed by atoms with Crippen LogP contribution in [0.3, 0.4) is 0 Å². The molecule has 2 rings (SSSR count). The summed E-state index contributed by atoms with van der Waals surface area (Å²) in [5.74, 6) is -0.447. The molecule has 1 amide bonds. The summed E-state index contributed by atoms with van der Waals surface area (Å²) < 4.78 is 41.8. The van der Waals surface area contributed by atoms with Gasteiger partial charge in [0.15, 0.2) is 6.61 Å². The molecule has 0 unspecified atom stereocenters. The van der Waals surface area contributed by atoms with E-state index in [2.05, 4.69) is 10.2 Å². The Balaban J connectivity index is 2.10. The molecular formula is C19H21F3N2O2. The molecule has 1 N–H and O–H groups in total. The number of rotatable bonds is 7. The highest BCUT2D eigenvalue weighted by molar-refractivity contribution is 6.05. The lowest BCUT2D eigenvalue weighted by Gasteiger charge is -2.21. The van der Waals surface area contributed by atoms with Crippen LogP contribution in [0.2, 0.25) is 0 Å². The van der Waals surface area contributed by atoms with Gasteiger partial charge in [-0.3, -0.25) is 4.79 Å². The van der Waals surface area contributed by atoms with Gasteiger partial charge in [0.2, 0.25) is 0 Å². The average molecular weight is 366 g/mol. The van der Waals surface area contributed by atoms with Crippen molar-refractivity contribution in [3.63, 3.8) is 0 Å². The van der Waals surface area contributed by atoms with Crippen molar-refractivity contribution in [2.24, 2.45) is 0 Å². The van der Waals surface area contributed by atoms with E-state index in [1.54, 1.807) is 24.3 Å². The van der Waals surface area contributed by atoms with Crippen LogP contribution in [-0.4, -0.2) is 31.8 Å². The zero-order valence-corrected chi connectivity index (χ0v) is 14.6. The van der Waals surface area contributed by atoms with Crippen LogP contribution in [0.1, 0.15) is 24.2 Å². The Kier molecular flexibility index (Phi) is 6.49. The fourth-order valence-electron chi connectivity index (χ4n) is 2.46. The second-order valence-corrected chi connectivity index (χ2v) is 5.57. The topological polar surface area (TPSA) is 41.6 Å². The van der Waals surface area contributed by atoms with Crippen molar-refractivity contribution in [1.29, 1.82) is 0 Å². The summed E-state index contributed by atoms with van der Waals surface area (Å²) in [5, 5.41) is 2.59. The number of carbonyl (C=O) groups is 1. The largest absolute Gasteiger partial charge is 0.482 e. The van der Waals surface area contributed by atoms with Gasteiger partial charge >= 0.3 is 6.18 Å². The molecule has 0 spiro atoms. The Bertz CT molecular complexity index is 726. The molecule has 2 aromatic rings. The van der Waals surface area contributed by atoms with Gasteiger partial charge in [0.1, 0.15) is 5.75 Å². The van der Waals surface area contributed by atoms with E-state index in [1.807, 2.05) is 26.0 Å². The minimum absolute atomic E-state index is 0.0297. The molecule has 0 aliphatic heterocycles. The molecule has 0 aromatic heterocycles. The first kappa shape index (κ1) is 19.6. The second-order valence-electron chi connectivity index (χ2n) is 5.57. The number of nitrogens with one attached hydrogen (secondary N) is 1. The maximum absolute atomic E-state index is 12.4. The number of anilines is 2. The fourth-order valence-corrected chi connectivity index (χ4v) is 2.46. The zero-order valence-electron chi connectivity index (χ0n) is 14.6. The van der Waals surface area contributed by atoms with Crippen molar-refractivity contribution in [3.8, 4) is 5.75 Å². The van der Waals surface area contributed by atoms with Crippen LogP contribution in [0.25, 0.3) is 0 Å². The molecule has 0 saturated carbocycles. The summed E-state index contributed by atoms with van der Waals surface area (Å²) in [4.78, 5) is 14.5. The molecule has 0 fully saturated rings. The van der Waals surface area contributed by atoms with Crippen LogP contribution < -0.4 is 15.0 Å². The third kappa shape index (κ3) is 5.40. The van der Waals surface area contributed by atoms with Crippen molar-refractivity contribution in [1.82, 2.24) is 0 Å². The molecule has 0 heterocycles. The van der Waals surface area contributed by atoms with Crippen LogP contribution in [0.5, 0.6) is 5.75 Å². The molecule has 0 radical (unpaired) electrons. The summed E-state index contributed by atoms with van der Waals surface area (Å²) in [6, 6.07) is 13.1. The summed E-state index contributed by atoms with van der Waals surface area (Å²) in [5.41, 5.74) is 1.60. The van der Waals surface area contributed by atoms with Crippen LogP contribution in [-0.2, 0) is 0 Å². The Hall–Kier alpha value is -2.70. The fraction of sp³-hybridized carbons (Fsp3) is 0.316. The third-order valence-corrected chi connectivity index (χ3v) is 3.78. The van der Waals surface area contributed by atoms with Crippen molar-refractivity contribution in [3.05, 3.63) is 54.1 Å². The number of carbonyl (C=O) groups excluding carboxylic acids is 1. The molecule has 0 aliphatic rings. The van der Waals surface area contributed by atoms with Gasteiger partial charge in [-0.25, -0.2) is 0 Å². The van der Waals surface area contributed by atoms with E-state index in [0.29, 0.717) is 5.56 Å². The second kappa shape index (κ2) is 8.60. The SMILES string of the molecule is CCN(CC)c1ccc(C(=O)Nc2ccccc2OCC(F)(F)F)cc1. The van der Waals surface area contributed by atoms with Crippen LogP contribution in [0, 0.1) is 0 Å². The normalized spacial score (nSPS) is 11.1. The monoisotopic (exact) mass is 366 g/mol. The lowest BCUT2D eigenvalue weighted by molar-refractivity contribution is -0.153. The highest BCUT2D eigenvalue weighted by Gasteiger charge is 2.28. The van der Waals surface area contributed by atoms with Crippen LogP contribution >= 0.6 is 0 Å². The number of para-hydroxylation sites is 2. The Labute approximate surface area is 150 Å². The highest BCUT2D eigenvalue weighted by atomic mass is 19.4. The van der Waals surface area contributed by atoms with E-state index in [-0.39, 0.29) is 11.4 Å². The molecule has 0 saturated heterocycles. The number of nitrogens with zero attached hydrogens (tertiary/aromatic N) is 1. The summed E-state index contributed by atoms with van der Waals surface area (Å²) >= 11 is 0. The van der Waals surface area contributed by atoms with E-state index in [9.17, 15) is 18.0 Å². The average Bonchev–Trinajstić information content (AvgIpc) is 2.62. The van der Waals surface area contributed by atoms with Gasteiger partial charge in [-0.05, 0) is 50.2 Å². The Morgan fingerprint density at radius 2 is 1.65 bits per heavy atom. The Morgan fingerprint density at radius 1 is 1.04 bits per heavy atom. The lowest BCUT2D eigenvalue weighted by Crippen LogP contribution is -2.22. The smallest absolute Gasteiger partial charge is 0.422 e. The number of alkyl halides is 3. The highest BCUT2D eigenvalue weighted by Crippen LogP contribution is 2.27. The van der Waals surface area contributed by atoms with Gasteiger partial charge in [-0.2, -0.15) is 13.2 Å². The predicted octanol–water partition coefficient (Wildman–Crippen LogP) is 4.73. The number of amides is 1. The molecule has 7 heteroatoms. The molecule has 26 heavy (non-hydrogen) atoms. The molecule has 140 valence electrons. The van der Waals surface area contributed by atoms with E-state index in [4.69, 9.17) is 4.74 Å². The maximum Gasteiger partial charge on any atom is 0.422 e. The lowest BCUT2D eigenvalue weighted by atomic mass is 10.1. The zero-order chi connectivity index (χ0) is 19.2. The minimum atomic E-state index is -4.45. The van der Waals surface area contributed by atoms with Gasteiger partial charge in [0.25, 0.3) is 5.91 Å². The van der Waals surface area contributed by atoms with Gasteiger partial charge in [-0.1, -0.05) is 12.1 Å². The van der Waals surface area contributed by atoms with Crippen molar-refractivity contribution >= 4 is 17.3 Å². The number of halogens is 3. The number of hydrogen-bond donors (Lipinski definition) is 1. The van der Waals surface area contributed by atoms with E-state index in [0.717, 1.165) is 18.8 Å². The molecule has 2 aromatic carbocycles. The van der Waals surface area contributed by atoms with Crippen LogP contribution in [0.4, 0.5) is 24.5 Å². The van der Waals surface area contributed by atoms with Gasteiger partial charge < -0.3 is 15.0 Å². The van der Waals surface area contributed by atoms with Gasteiger partial charge in [-0.15, -0.1) is 0 Å². The molecule has 0 bridgehead atoms.